The second-order valence-corrected chi connectivity index (χ2v) is 10.0. The number of hydrogen-bond donors (Lipinski definition) is 0. The lowest BCUT2D eigenvalue weighted by Gasteiger charge is -2.33. The molecular weight excluding hydrogens is 432 g/mol. The lowest BCUT2D eigenvalue weighted by molar-refractivity contribution is 0.218. The monoisotopic (exact) mass is 454 g/mol. The Morgan fingerprint density at radius 2 is 2.21 bits per heavy atom. The number of thiophene rings is 1. The molecule has 1 aliphatic rings. The van der Waals surface area contributed by atoms with Crippen molar-refractivity contribution in [3.63, 3.8) is 0 Å². The van der Waals surface area contributed by atoms with E-state index in [1.807, 2.05) is 18.2 Å². The smallest absolute Gasteiger partial charge is 0.148 e. The second kappa shape index (κ2) is 8.52. The topological polar surface area (TPSA) is 45.4 Å². The first-order chi connectivity index (χ1) is 13.3. The number of nitrogens with zero attached hydrogens (tertiary/aromatic N) is 2. The Hall–Kier alpha value is -2.08. The van der Waals surface area contributed by atoms with Gasteiger partial charge in [0.2, 0.25) is 0 Å². The van der Waals surface area contributed by atoms with Crippen molar-refractivity contribution in [2.24, 2.45) is 16.3 Å². The van der Waals surface area contributed by atoms with Crippen molar-refractivity contribution >= 4 is 38.5 Å². The summed E-state index contributed by atoms with van der Waals surface area (Å²) in [5.41, 5.74) is 3.02. The zero-order valence-electron chi connectivity index (χ0n) is 16.4. The van der Waals surface area contributed by atoms with E-state index in [1.165, 1.54) is 10.4 Å². The third-order valence-electron chi connectivity index (χ3n) is 5.19. The van der Waals surface area contributed by atoms with Crippen LogP contribution in [0.15, 0.2) is 27.7 Å². The van der Waals surface area contributed by atoms with Gasteiger partial charge in [-0.25, -0.2) is 4.99 Å². The molecule has 1 atom stereocenters. The summed E-state index contributed by atoms with van der Waals surface area (Å²) in [7, 11) is 0. The van der Waals surface area contributed by atoms with Gasteiger partial charge in [0.05, 0.1) is 5.56 Å². The van der Waals surface area contributed by atoms with Gasteiger partial charge in [-0.15, -0.1) is 17.8 Å². The summed E-state index contributed by atoms with van der Waals surface area (Å²) in [6, 6.07) is 8.08. The van der Waals surface area contributed by atoms with Gasteiger partial charge in [-0.2, -0.15) is 5.26 Å². The molecule has 0 N–H and O–H groups in total. The Labute approximate surface area is 179 Å². The number of nitriles is 1. The van der Waals surface area contributed by atoms with Crippen molar-refractivity contribution < 1.29 is 4.74 Å². The van der Waals surface area contributed by atoms with Crippen LogP contribution < -0.4 is 4.74 Å². The Balaban J connectivity index is 1.92. The van der Waals surface area contributed by atoms with Gasteiger partial charge < -0.3 is 4.74 Å². The maximum absolute atomic E-state index is 9.73. The highest BCUT2D eigenvalue weighted by Crippen LogP contribution is 2.44. The first-order valence-corrected chi connectivity index (χ1v) is 10.9. The van der Waals surface area contributed by atoms with Crippen LogP contribution in [-0.4, -0.2) is 12.8 Å². The van der Waals surface area contributed by atoms with Crippen LogP contribution in [0.4, 0.5) is 5.00 Å². The summed E-state index contributed by atoms with van der Waals surface area (Å²) < 4.78 is 6.54. The number of benzene rings is 1. The number of rotatable bonds is 4. The standard InChI is InChI=1S/C23H23BrN2OS/c1-5-10-27-20-9-7-17(24)11-15(20)14-26-22-19(13-25)18-8-6-16(23(2,3)4)12-21(18)28-22/h1,7,9,11,14,16H,6,8,10,12H2,2-4H3/t16-/m1/s1. The summed E-state index contributed by atoms with van der Waals surface area (Å²) in [6.45, 7) is 7.09. The van der Waals surface area contributed by atoms with Gasteiger partial charge in [0, 0.05) is 21.1 Å². The van der Waals surface area contributed by atoms with Crippen LogP contribution in [0, 0.1) is 35.0 Å². The number of hydrogen-bond acceptors (Lipinski definition) is 4. The van der Waals surface area contributed by atoms with Crippen LogP contribution in [0.1, 0.15) is 48.8 Å². The van der Waals surface area contributed by atoms with E-state index in [9.17, 15) is 5.26 Å². The molecule has 1 aliphatic carbocycles. The largest absolute Gasteiger partial charge is 0.480 e. The average molecular weight is 455 g/mol. The molecule has 5 heteroatoms. The van der Waals surface area contributed by atoms with Gasteiger partial charge in [-0.3, -0.25) is 0 Å². The fourth-order valence-corrected chi connectivity index (χ4v) is 5.12. The van der Waals surface area contributed by atoms with Crippen LogP contribution in [-0.2, 0) is 12.8 Å². The van der Waals surface area contributed by atoms with Gasteiger partial charge >= 0.3 is 0 Å². The van der Waals surface area contributed by atoms with Crippen molar-refractivity contribution in [2.45, 2.75) is 40.0 Å². The molecule has 1 heterocycles. The molecule has 0 bridgehead atoms. The molecule has 0 unspecified atom stereocenters. The Morgan fingerprint density at radius 1 is 1.43 bits per heavy atom. The number of fused-ring (bicyclic) bond motifs is 1. The van der Waals surface area contributed by atoms with E-state index in [2.05, 4.69) is 53.7 Å². The van der Waals surface area contributed by atoms with Crippen molar-refractivity contribution in [3.8, 4) is 24.2 Å². The highest BCUT2D eigenvalue weighted by molar-refractivity contribution is 9.10. The van der Waals surface area contributed by atoms with E-state index in [4.69, 9.17) is 11.2 Å². The van der Waals surface area contributed by atoms with E-state index >= 15 is 0 Å². The molecule has 0 fully saturated rings. The van der Waals surface area contributed by atoms with Gasteiger partial charge in [0.15, 0.2) is 0 Å². The number of ether oxygens (including phenoxy) is 1. The van der Waals surface area contributed by atoms with Crippen LogP contribution >= 0.6 is 27.3 Å². The highest BCUT2D eigenvalue weighted by Gasteiger charge is 2.32. The SMILES string of the molecule is C#CCOc1ccc(Br)cc1C=Nc1sc2c(c1C#N)CC[C@@H](C(C)(C)C)C2. The maximum atomic E-state index is 9.73. The molecule has 0 amide bonds. The molecule has 1 aromatic heterocycles. The zero-order chi connectivity index (χ0) is 20.3. The second-order valence-electron chi connectivity index (χ2n) is 8.03. The number of terminal acetylenes is 1. The predicted molar refractivity (Wildman–Crippen MR) is 120 cm³/mol. The van der Waals surface area contributed by atoms with Crippen molar-refractivity contribution in [2.75, 3.05) is 6.61 Å². The predicted octanol–water partition coefficient (Wildman–Crippen LogP) is 6.30. The fraction of sp³-hybridized carbons (Fsp3) is 0.391. The van der Waals surface area contributed by atoms with Crippen LogP contribution in [0.25, 0.3) is 0 Å². The third kappa shape index (κ3) is 4.49. The summed E-state index contributed by atoms with van der Waals surface area (Å²) in [6.07, 6.45) is 10.2. The van der Waals surface area contributed by atoms with Crippen molar-refractivity contribution in [3.05, 3.63) is 44.2 Å². The molecule has 0 radical (unpaired) electrons. The summed E-state index contributed by atoms with van der Waals surface area (Å²) in [4.78, 5) is 5.98. The Bertz CT molecular complexity index is 986. The molecule has 3 nitrogen and oxygen atoms in total. The first kappa shape index (κ1) is 20.6. The minimum absolute atomic E-state index is 0.202. The third-order valence-corrected chi connectivity index (χ3v) is 6.84. The minimum atomic E-state index is 0.202. The average Bonchev–Trinajstić information content (AvgIpc) is 3.01. The first-order valence-electron chi connectivity index (χ1n) is 9.28. The molecule has 1 aromatic carbocycles. The molecule has 3 rings (SSSR count). The van der Waals surface area contributed by atoms with Crippen molar-refractivity contribution in [1.29, 1.82) is 5.26 Å². The maximum Gasteiger partial charge on any atom is 0.148 e. The summed E-state index contributed by atoms with van der Waals surface area (Å²) in [5.74, 6) is 3.79. The Kier molecular flexibility index (Phi) is 6.28. The van der Waals surface area contributed by atoms with E-state index < -0.39 is 0 Å². The Morgan fingerprint density at radius 3 is 2.89 bits per heavy atom. The van der Waals surface area contributed by atoms with Crippen molar-refractivity contribution in [1.82, 2.24) is 0 Å². The van der Waals surface area contributed by atoms with Crippen LogP contribution in [0.2, 0.25) is 0 Å². The molecule has 0 saturated carbocycles. The van der Waals surface area contributed by atoms with E-state index in [0.29, 0.717) is 11.7 Å². The van der Waals surface area contributed by atoms with Gasteiger partial charge in [-0.1, -0.05) is 42.6 Å². The van der Waals surface area contributed by atoms with E-state index in [-0.39, 0.29) is 12.0 Å². The molecular formula is C23H23BrN2OS. The molecule has 28 heavy (non-hydrogen) atoms. The number of halogens is 1. The van der Waals surface area contributed by atoms with E-state index in [0.717, 1.165) is 39.9 Å². The molecule has 0 saturated heterocycles. The van der Waals surface area contributed by atoms with Crippen LogP contribution in [0.5, 0.6) is 5.75 Å². The van der Waals surface area contributed by atoms with Gasteiger partial charge in [0.1, 0.15) is 23.4 Å². The zero-order valence-corrected chi connectivity index (χ0v) is 18.8. The normalized spacial score (nSPS) is 16.4. The van der Waals surface area contributed by atoms with E-state index in [1.54, 1.807) is 17.6 Å². The number of aliphatic imine (C=N–C) groups is 1. The van der Waals surface area contributed by atoms with Gasteiger partial charge in [-0.05, 0) is 54.4 Å². The molecule has 0 spiro atoms. The fourth-order valence-electron chi connectivity index (χ4n) is 3.52. The summed E-state index contributed by atoms with van der Waals surface area (Å²) in [5, 5.41) is 10.5. The quantitative estimate of drug-likeness (QED) is 0.402. The molecule has 2 aromatic rings. The lowest BCUT2D eigenvalue weighted by Crippen LogP contribution is -2.26. The molecule has 0 aliphatic heterocycles. The lowest BCUT2D eigenvalue weighted by atomic mass is 9.72. The van der Waals surface area contributed by atoms with Crippen LogP contribution in [0.3, 0.4) is 0 Å². The molecule has 144 valence electrons. The minimum Gasteiger partial charge on any atom is -0.480 e. The summed E-state index contributed by atoms with van der Waals surface area (Å²) >= 11 is 5.13. The highest BCUT2D eigenvalue weighted by atomic mass is 79.9. The van der Waals surface area contributed by atoms with Gasteiger partial charge in [0.25, 0.3) is 0 Å².